The van der Waals surface area contributed by atoms with Gasteiger partial charge in [-0.05, 0) is 30.7 Å². The average molecular weight is 414 g/mol. The fourth-order valence-electron chi connectivity index (χ4n) is 2.84. The number of ether oxygens (including phenoxy) is 1. The summed E-state index contributed by atoms with van der Waals surface area (Å²) in [7, 11) is 0. The van der Waals surface area contributed by atoms with Gasteiger partial charge in [0.05, 0.1) is 10.0 Å². The molecule has 1 aromatic heterocycles. The predicted octanol–water partition coefficient (Wildman–Crippen LogP) is 3.85. The number of nitrogens with zero attached hydrogens (tertiary/aromatic N) is 2. The van der Waals surface area contributed by atoms with Crippen molar-refractivity contribution in [2.24, 2.45) is 10.7 Å². The highest BCUT2D eigenvalue weighted by Gasteiger charge is 2.42. The highest BCUT2D eigenvalue weighted by atomic mass is 35.5. The third-order valence-electron chi connectivity index (χ3n) is 4.34. The molecular weight excluding hydrogens is 399 g/mol. The molecule has 1 aliphatic heterocycles. The predicted molar refractivity (Wildman–Crippen MR) is 98.5 cm³/mol. The Balaban J connectivity index is 1.94. The molecular formula is C18H15Cl2F2N3O2. The van der Waals surface area contributed by atoms with Crippen molar-refractivity contribution in [3.63, 3.8) is 0 Å². The average Bonchev–Trinajstić information content (AvgIpc) is 2.60. The maximum absolute atomic E-state index is 14.5. The number of nitrogens with two attached hydrogens (primary N) is 1. The SMILES string of the molecule is C[C@]1(c2cc(CC(=O)c3ncc(Cl)cc3Cl)ccc2F)N=C(N)OC[C@@H]1F. The Kier molecular flexibility index (Phi) is 5.35. The third kappa shape index (κ3) is 3.89. The van der Waals surface area contributed by atoms with Crippen LogP contribution in [0.15, 0.2) is 35.5 Å². The Hall–Kier alpha value is -2.25. The molecule has 0 unspecified atom stereocenters. The van der Waals surface area contributed by atoms with Crippen LogP contribution >= 0.6 is 23.2 Å². The van der Waals surface area contributed by atoms with Crippen LogP contribution in [-0.4, -0.2) is 29.6 Å². The fraction of sp³-hybridized carbons (Fsp3) is 0.278. The first-order valence-corrected chi connectivity index (χ1v) is 8.71. The topological polar surface area (TPSA) is 77.6 Å². The summed E-state index contributed by atoms with van der Waals surface area (Å²) >= 11 is 11.8. The zero-order valence-corrected chi connectivity index (χ0v) is 15.7. The maximum Gasteiger partial charge on any atom is 0.283 e. The van der Waals surface area contributed by atoms with Crippen LogP contribution in [0.4, 0.5) is 8.78 Å². The van der Waals surface area contributed by atoms with Crippen molar-refractivity contribution < 1.29 is 18.3 Å². The molecule has 0 saturated carbocycles. The normalized spacial score (nSPS) is 22.1. The number of alkyl halides is 1. The molecule has 1 aromatic carbocycles. The molecule has 0 fully saturated rings. The number of hydrogen-bond donors (Lipinski definition) is 1. The summed E-state index contributed by atoms with van der Waals surface area (Å²) in [6.45, 7) is 1.09. The van der Waals surface area contributed by atoms with E-state index < -0.39 is 17.5 Å². The summed E-state index contributed by atoms with van der Waals surface area (Å²) < 4.78 is 33.7. The Morgan fingerprint density at radius 3 is 2.85 bits per heavy atom. The molecule has 2 atom stereocenters. The highest BCUT2D eigenvalue weighted by Crippen LogP contribution is 2.36. The van der Waals surface area contributed by atoms with E-state index in [-0.39, 0.29) is 41.1 Å². The number of pyridine rings is 1. The molecule has 0 radical (unpaired) electrons. The van der Waals surface area contributed by atoms with Gasteiger partial charge in [-0.25, -0.2) is 18.8 Å². The van der Waals surface area contributed by atoms with Crippen LogP contribution in [0.3, 0.4) is 0 Å². The molecule has 5 nitrogen and oxygen atoms in total. The number of rotatable bonds is 4. The summed E-state index contributed by atoms with van der Waals surface area (Å²) in [5.41, 5.74) is 4.48. The number of benzene rings is 1. The van der Waals surface area contributed by atoms with E-state index in [4.69, 9.17) is 33.7 Å². The Morgan fingerprint density at radius 1 is 1.41 bits per heavy atom. The van der Waals surface area contributed by atoms with E-state index in [1.165, 1.54) is 31.3 Å². The Morgan fingerprint density at radius 2 is 2.15 bits per heavy atom. The molecule has 2 aromatic rings. The van der Waals surface area contributed by atoms with Crippen LogP contribution in [0.2, 0.25) is 10.0 Å². The molecule has 2 N–H and O–H groups in total. The minimum Gasteiger partial charge on any atom is -0.462 e. The molecule has 27 heavy (non-hydrogen) atoms. The standard InChI is InChI=1S/C18H15Cl2F2N3O2/c1-18(15(22)8-27-17(23)25-18)11-4-9(2-3-13(11)21)5-14(26)16-12(20)6-10(19)7-24-16/h2-4,6-7,15H,5,8H2,1H3,(H2,23,25)/t15-,18+/m0/s1. The van der Waals surface area contributed by atoms with E-state index in [9.17, 15) is 13.6 Å². The largest absolute Gasteiger partial charge is 0.462 e. The van der Waals surface area contributed by atoms with Crippen molar-refractivity contribution in [1.29, 1.82) is 0 Å². The second kappa shape index (κ2) is 7.40. The molecule has 0 saturated heterocycles. The van der Waals surface area contributed by atoms with Gasteiger partial charge in [-0.2, -0.15) is 0 Å². The number of hydrogen-bond acceptors (Lipinski definition) is 5. The summed E-state index contributed by atoms with van der Waals surface area (Å²) in [5, 5.41) is 0.421. The lowest BCUT2D eigenvalue weighted by atomic mass is 9.85. The number of carbonyl (C=O) groups is 1. The molecule has 2 heterocycles. The van der Waals surface area contributed by atoms with Gasteiger partial charge < -0.3 is 10.5 Å². The Bertz CT molecular complexity index is 939. The van der Waals surface area contributed by atoms with Crippen molar-refractivity contribution in [3.05, 3.63) is 63.1 Å². The van der Waals surface area contributed by atoms with Gasteiger partial charge in [0.25, 0.3) is 6.02 Å². The highest BCUT2D eigenvalue weighted by molar-refractivity contribution is 6.36. The first-order valence-electron chi connectivity index (χ1n) is 7.96. The van der Waals surface area contributed by atoms with Gasteiger partial charge in [0, 0.05) is 18.2 Å². The number of Topliss-reactive ketones (excluding diaryl/α,β-unsaturated/α-hetero) is 1. The van der Waals surface area contributed by atoms with Gasteiger partial charge in [0.15, 0.2) is 12.0 Å². The second-order valence-corrected chi connectivity index (χ2v) is 7.12. The zero-order valence-electron chi connectivity index (χ0n) is 14.2. The number of halogens is 4. The molecule has 1 aliphatic rings. The lowest BCUT2D eigenvalue weighted by Gasteiger charge is -2.33. The van der Waals surface area contributed by atoms with Crippen molar-refractivity contribution in [2.45, 2.75) is 25.1 Å². The monoisotopic (exact) mass is 413 g/mol. The van der Waals surface area contributed by atoms with Crippen LogP contribution in [0.5, 0.6) is 0 Å². The van der Waals surface area contributed by atoms with Gasteiger partial charge in [-0.3, -0.25) is 4.79 Å². The van der Waals surface area contributed by atoms with E-state index in [1.807, 2.05) is 0 Å². The summed E-state index contributed by atoms with van der Waals surface area (Å²) in [6.07, 6.45) is -0.396. The number of aliphatic imine (C=N–C) groups is 1. The van der Waals surface area contributed by atoms with Crippen LogP contribution in [0, 0.1) is 5.82 Å². The zero-order chi connectivity index (χ0) is 19.8. The molecule has 0 spiro atoms. The number of amidine groups is 1. The van der Waals surface area contributed by atoms with Crippen molar-refractivity contribution in [3.8, 4) is 0 Å². The second-order valence-electron chi connectivity index (χ2n) is 6.27. The van der Waals surface area contributed by atoms with Crippen molar-refractivity contribution in [1.82, 2.24) is 4.98 Å². The lowest BCUT2D eigenvalue weighted by molar-refractivity contribution is 0.0921. The number of aromatic nitrogens is 1. The van der Waals surface area contributed by atoms with Crippen LogP contribution in [0.25, 0.3) is 0 Å². The molecule has 0 aliphatic carbocycles. The Labute approximate surface area is 164 Å². The summed E-state index contributed by atoms with van der Waals surface area (Å²) in [5.74, 6) is -1.04. The van der Waals surface area contributed by atoms with Gasteiger partial charge in [0.2, 0.25) is 0 Å². The quantitative estimate of drug-likeness (QED) is 0.772. The van der Waals surface area contributed by atoms with Gasteiger partial charge in [0.1, 0.15) is 23.7 Å². The van der Waals surface area contributed by atoms with E-state index in [0.29, 0.717) is 10.6 Å². The van der Waals surface area contributed by atoms with Gasteiger partial charge in [-0.1, -0.05) is 29.3 Å². The van der Waals surface area contributed by atoms with Crippen molar-refractivity contribution in [2.75, 3.05) is 6.61 Å². The van der Waals surface area contributed by atoms with Crippen LogP contribution < -0.4 is 5.73 Å². The van der Waals surface area contributed by atoms with Crippen molar-refractivity contribution >= 4 is 35.0 Å². The molecule has 0 amide bonds. The molecule has 0 bridgehead atoms. The molecule has 3 rings (SSSR count). The van der Waals surface area contributed by atoms with Crippen LogP contribution in [0.1, 0.15) is 28.5 Å². The number of ketones is 1. The maximum atomic E-state index is 14.5. The summed E-state index contributed by atoms with van der Waals surface area (Å²) in [4.78, 5) is 20.4. The van der Waals surface area contributed by atoms with E-state index >= 15 is 0 Å². The smallest absolute Gasteiger partial charge is 0.283 e. The van der Waals surface area contributed by atoms with E-state index in [2.05, 4.69) is 9.98 Å². The van der Waals surface area contributed by atoms with E-state index in [1.54, 1.807) is 0 Å². The van der Waals surface area contributed by atoms with Gasteiger partial charge >= 0.3 is 0 Å². The summed E-state index contributed by atoms with van der Waals surface area (Å²) in [6, 6.07) is 5.18. The van der Waals surface area contributed by atoms with E-state index in [0.717, 1.165) is 6.07 Å². The first-order chi connectivity index (χ1) is 12.7. The van der Waals surface area contributed by atoms with Crippen LogP contribution in [-0.2, 0) is 16.7 Å². The lowest BCUT2D eigenvalue weighted by Crippen LogP contribution is -2.43. The number of carbonyl (C=O) groups excluding carboxylic acids is 1. The molecule has 9 heteroatoms. The minimum atomic E-state index is -1.60. The minimum absolute atomic E-state index is 0.0123. The van der Waals surface area contributed by atoms with Gasteiger partial charge in [-0.15, -0.1) is 0 Å². The fourth-order valence-corrected chi connectivity index (χ4v) is 3.33. The third-order valence-corrected chi connectivity index (χ3v) is 4.84. The first kappa shape index (κ1) is 19.5. The molecule has 142 valence electrons.